The van der Waals surface area contributed by atoms with Gasteiger partial charge in [-0.25, -0.2) is 17.7 Å². The number of anilines is 4. The highest BCUT2D eigenvalue weighted by Gasteiger charge is 2.29. The molecule has 37 heavy (non-hydrogen) atoms. The van der Waals surface area contributed by atoms with E-state index >= 15 is 0 Å². The van der Waals surface area contributed by atoms with Crippen molar-refractivity contribution >= 4 is 50.7 Å². The first-order chi connectivity index (χ1) is 17.6. The molecule has 1 heterocycles. The summed E-state index contributed by atoms with van der Waals surface area (Å²) in [6.45, 7) is 0. The summed E-state index contributed by atoms with van der Waals surface area (Å²) in [5.41, 5.74) is 8.44. The van der Waals surface area contributed by atoms with Crippen molar-refractivity contribution in [3.05, 3.63) is 58.7 Å². The minimum atomic E-state index is -3.72. The number of sulfonamides is 1. The number of aryl methyl sites for hydroxylation is 1. The lowest BCUT2D eigenvalue weighted by molar-refractivity contribution is -0.119. The Morgan fingerprint density at radius 3 is 2.59 bits per heavy atom. The predicted octanol–water partition coefficient (Wildman–Crippen LogP) is 4.17. The molecule has 1 aliphatic carbocycles. The second-order valence-electron chi connectivity index (χ2n) is 8.84. The number of primary amides is 1. The van der Waals surface area contributed by atoms with E-state index in [1.807, 2.05) is 12.1 Å². The van der Waals surface area contributed by atoms with Crippen LogP contribution < -0.4 is 21.1 Å². The molecule has 3 aromatic rings. The van der Waals surface area contributed by atoms with Gasteiger partial charge in [-0.2, -0.15) is 4.98 Å². The zero-order valence-corrected chi connectivity index (χ0v) is 22.4. The number of rotatable bonds is 8. The Balaban J connectivity index is 1.70. The average Bonchev–Trinajstić information content (AvgIpc) is 3.09. The lowest BCUT2D eigenvalue weighted by Gasteiger charge is -2.21. The van der Waals surface area contributed by atoms with Crippen LogP contribution in [0.15, 0.2) is 47.5 Å². The first kappa shape index (κ1) is 26.6. The minimum absolute atomic E-state index is 0.0779. The standard InChI is InChI=1S/C25H29ClN6O4S/c1-32(2)37(34,35)20-11-7-6-10-18(20)29-24-17(26)14-28-25(31-24)30-19-13-12-15-8-4-5-9-16(23(27)33)21(15)22(19)36-3/h6-7,10-14,16H,4-5,8-9H2,1-3H3,(H2,27,33)(H2,28,29,30,31). The number of hydrogen-bond acceptors (Lipinski definition) is 8. The molecule has 2 aromatic carbocycles. The predicted molar refractivity (Wildman–Crippen MR) is 143 cm³/mol. The smallest absolute Gasteiger partial charge is 0.244 e. The van der Waals surface area contributed by atoms with Gasteiger partial charge in [0, 0.05) is 19.7 Å². The fraction of sp³-hybridized carbons (Fsp3) is 0.320. The van der Waals surface area contributed by atoms with Crippen LogP contribution >= 0.6 is 11.6 Å². The lowest BCUT2D eigenvalue weighted by Crippen LogP contribution is -2.23. The van der Waals surface area contributed by atoms with Crippen molar-refractivity contribution in [1.82, 2.24) is 14.3 Å². The third-order valence-corrected chi connectivity index (χ3v) is 8.41. The van der Waals surface area contributed by atoms with E-state index in [9.17, 15) is 13.2 Å². The molecule has 0 saturated carbocycles. The molecular weight excluding hydrogens is 516 g/mol. The number of nitrogens with zero attached hydrogens (tertiary/aromatic N) is 3. The Kier molecular flexibility index (Phi) is 7.86. The molecule has 0 radical (unpaired) electrons. The van der Waals surface area contributed by atoms with Crippen molar-refractivity contribution in [2.24, 2.45) is 5.73 Å². The van der Waals surface area contributed by atoms with Gasteiger partial charge in [0.1, 0.15) is 15.7 Å². The van der Waals surface area contributed by atoms with E-state index in [4.69, 9.17) is 22.1 Å². The van der Waals surface area contributed by atoms with Crippen LogP contribution in [0.1, 0.15) is 36.3 Å². The number of benzene rings is 2. The van der Waals surface area contributed by atoms with Crippen molar-refractivity contribution in [2.45, 2.75) is 36.5 Å². The summed E-state index contributed by atoms with van der Waals surface area (Å²) in [4.78, 5) is 21.1. The molecule has 1 unspecified atom stereocenters. The number of amides is 1. The van der Waals surface area contributed by atoms with Crippen LogP contribution in [0.25, 0.3) is 0 Å². The molecule has 12 heteroatoms. The van der Waals surface area contributed by atoms with Crippen LogP contribution in [0.2, 0.25) is 5.02 Å². The molecule has 4 N–H and O–H groups in total. The first-order valence-electron chi connectivity index (χ1n) is 11.7. The van der Waals surface area contributed by atoms with Crippen molar-refractivity contribution in [3.8, 4) is 5.75 Å². The fourth-order valence-electron chi connectivity index (χ4n) is 4.41. The van der Waals surface area contributed by atoms with Crippen LogP contribution in [-0.2, 0) is 21.2 Å². The molecule has 196 valence electrons. The maximum absolute atomic E-state index is 12.8. The van der Waals surface area contributed by atoms with E-state index in [0.29, 0.717) is 23.5 Å². The molecule has 1 atom stereocenters. The number of para-hydroxylation sites is 1. The van der Waals surface area contributed by atoms with Gasteiger partial charge in [-0.1, -0.05) is 36.2 Å². The summed E-state index contributed by atoms with van der Waals surface area (Å²) in [5, 5.41) is 6.36. The van der Waals surface area contributed by atoms with Crippen LogP contribution in [0.3, 0.4) is 0 Å². The Morgan fingerprint density at radius 2 is 1.89 bits per heavy atom. The highest BCUT2D eigenvalue weighted by atomic mass is 35.5. The van der Waals surface area contributed by atoms with Gasteiger partial charge >= 0.3 is 0 Å². The molecule has 1 aliphatic rings. The molecule has 0 fully saturated rings. The highest BCUT2D eigenvalue weighted by Crippen LogP contribution is 2.42. The van der Waals surface area contributed by atoms with Gasteiger partial charge < -0.3 is 21.1 Å². The number of hydrogen-bond donors (Lipinski definition) is 3. The second kappa shape index (κ2) is 10.9. The van der Waals surface area contributed by atoms with Crippen LogP contribution in [0.4, 0.5) is 23.1 Å². The maximum atomic E-state index is 12.8. The Morgan fingerprint density at radius 1 is 1.14 bits per heavy atom. The summed E-state index contributed by atoms with van der Waals surface area (Å²) < 4.78 is 32.4. The largest absolute Gasteiger partial charge is 0.494 e. The van der Waals surface area contributed by atoms with E-state index in [1.165, 1.54) is 26.4 Å². The highest BCUT2D eigenvalue weighted by molar-refractivity contribution is 7.89. The minimum Gasteiger partial charge on any atom is -0.494 e. The van der Waals surface area contributed by atoms with Gasteiger partial charge in [-0.15, -0.1) is 0 Å². The third-order valence-electron chi connectivity index (χ3n) is 6.26. The number of nitrogens with two attached hydrogens (primary N) is 1. The Bertz CT molecular complexity index is 1430. The third kappa shape index (κ3) is 5.48. The molecule has 4 rings (SSSR count). The van der Waals surface area contributed by atoms with Gasteiger partial charge in [-0.3, -0.25) is 4.79 Å². The molecule has 0 aliphatic heterocycles. The van der Waals surface area contributed by atoms with Gasteiger partial charge in [0.2, 0.25) is 21.9 Å². The van der Waals surface area contributed by atoms with Crippen molar-refractivity contribution in [3.63, 3.8) is 0 Å². The van der Waals surface area contributed by atoms with Gasteiger partial charge in [0.05, 0.1) is 30.6 Å². The van der Waals surface area contributed by atoms with Gasteiger partial charge in [-0.05, 0) is 43.0 Å². The van der Waals surface area contributed by atoms with E-state index in [-0.39, 0.29) is 27.6 Å². The van der Waals surface area contributed by atoms with Gasteiger partial charge in [0.15, 0.2) is 5.82 Å². The normalized spacial score (nSPS) is 15.5. The summed E-state index contributed by atoms with van der Waals surface area (Å²) >= 11 is 6.35. The number of methoxy groups -OCH3 is 1. The monoisotopic (exact) mass is 544 g/mol. The van der Waals surface area contributed by atoms with Crippen molar-refractivity contribution < 1.29 is 17.9 Å². The number of carbonyl (C=O) groups is 1. The topological polar surface area (TPSA) is 140 Å². The number of aromatic nitrogens is 2. The number of fused-ring (bicyclic) bond motifs is 1. The number of halogens is 1. The molecule has 1 aromatic heterocycles. The molecule has 0 saturated heterocycles. The zero-order valence-electron chi connectivity index (χ0n) is 20.8. The Hall–Kier alpha value is -3.41. The lowest BCUT2D eigenvalue weighted by atomic mass is 9.90. The molecular formula is C25H29ClN6O4S. The SMILES string of the molecule is COc1c(Nc2ncc(Cl)c(Nc3ccccc3S(=O)(=O)N(C)C)n2)ccc2c1C(C(N)=O)CCCC2. The van der Waals surface area contributed by atoms with Crippen LogP contribution in [0, 0.1) is 0 Å². The zero-order chi connectivity index (χ0) is 26.7. The number of ether oxygens (including phenoxy) is 1. The molecule has 0 bridgehead atoms. The van der Waals surface area contributed by atoms with Crippen molar-refractivity contribution in [2.75, 3.05) is 31.8 Å². The van der Waals surface area contributed by atoms with Gasteiger partial charge in [0.25, 0.3) is 0 Å². The number of nitrogens with one attached hydrogen (secondary N) is 2. The fourth-order valence-corrected chi connectivity index (χ4v) is 5.59. The molecule has 1 amide bonds. The van der Waals surface area contributed by atoms with E-state index in [2.05, 4.69) is 20.6 Å². The average molecular weight is 545 g/mol. The summed E-state index contributed by atoms with van der Waals surface area (Å²) in [5.74, 6) is 0.0808. The quantitative estimate of drug-likeness (QED) is 0.359. The summed E-state index contributed by atoms with van der Waals surface area (Å²) in [6.07, 6.45) is 4.76. The first-order valence-corrected chi connectivity index (χ1v) is 13.5. The number of carbonyl (C=O) groups excluding carboxylic acids is 1. The second-order valence-corrected chi connectivity index (χ2v) is 11.4. The van der Waals surface area contributed by atoms with E-state index in [0.717, 1.165) is 34.7 Å². The van der Waals surface area contributed by atoms with Crippen LogP contribution in [0.5, 0.6) is 5.75 Å². The summed E-state index contributed by atoms with van der Waals surface area (Å²) in [6, 6.07) is 10.3. The Labute approximate surface area is 221 Å². The maximum Gasteiger partial charge on any atom is 0.244 e. The van der Waals surface area contributed by atoms with E-state index < -0.39 is 15.9 Å². The molecule has 10 nitrogen and oxygen atoms in total. The van der Waals surface area contributed by atoms with Crippen LogP contribution in [-0.4, -0.2) is 49.8 Å². The molecule has 0 spiro atoms. The summed E-state index contributed by atoms with van der Waals surface area (Å²) in [7, 11) is 0.747. The van der Waals surface area contributed by atoms with E-state index in [1.54, 1.807) is 25.3 Å². The van der Waals surface area contributed by atoms with Crippen molar-refractivity contribution in [1.29, 1.82) is 0 Å².